The molecule has 1 saturated heterocycles. The van der Waals surface area contributed by atoms with Crippen molar-refractivity contribution < 1.29 is 23.4 Å². The van der Waals surface area contributed by atoms with Crippen LogP contribution >= 0.6 is 0 Å². The van der Waals surface area contributed by atoms with E-state index in [0.29, 0.717) is 18.6 Å². The number of rotatable bonds is 7. The molecule has 1 unspecified atom stereocenters. The van der Waals surface area contributed by atoms with Gasteiger partial charge in [0, 0.05) is 42.8 Å². The predicted octanol–water partition coefficient (Wildman–Crippen LogP) is 5.14. The summed E-state index contributed by atoms with van der Waals surface area (Å²) in [6.07, 6.45) is 8.62. The van der Waals surface area contributed by atoms with Gasteiger partial charge in [-0.25, -0.2) is 0 Å². The van der Waals surface area contributed by atoms with E-state index in [-0.39, 0.29) is 22.5 Å². The van der Waals surface area contributed by atoms with Crippen LogP contribution in [0.2, 0.25) is 0 Å². The van der Waals surface area contributed by atoms with E-state index in [4.69, 9.17) is 18.9 Å². The number of fused-ring (bicyclic) bond motifs is 2. The zero-order chi connectivity index (χ0) is 25.0. The Morgan fingerprint density at radius 3 is 2.62 bits per heavy atom. The zero-order valence-corrected chi connectivity index (χ0v) is 22.5. The first-order valence-corrected chi connectivity index (χ1v) is 14.4. The van der Waals surface area contributed by atoms with Crippen molar-refractivity contribution in [1.82, 2.24) is 0 Å². The number of quaternary nitrogens is 1. The molecule has 2 spiro atoms. The molecule has 7 aliphatic rings. The minimum absolute atomic E-state index is 0.00788. The monoisotopic (exact) mass is 502 g/mol. The SMILES string of the molecule is COc1ccc2c3c1O[C@H]1[C@@]4(OC)CC[C@@]5(C[C@@H]4COc4ccccc4)[C@@H](C2)[N+](C)(CC2CC2)CC[C@]315. The number of hydrogen-bond acceptors (Lipinski definition) is 4. The number of likely N-dealkylation sites (N-methyl/N-ethyl adjacent to an activating group) is 1. The third kappa shape index (κ3) is 2.68. The van der Waals surface area contributed by atoms with Gasteiger partial charge in [0.2, 0.25) is 0 Å². The normalized spacial score (nSPS) is 42.2. The van der Waals surface area contributed by atoms with E-state index >= 15 is 0 Å². The highest BCUT2D eigenvalue weighted by molar-refractivity contribution is 5.63. The number of likely N-dealkylation sites (tertiary alicyclic amines) is 1. The third-order valence-corrected chi connectivity index (χ3v) is 11.9. The molecular formula is C32H40NO4+. The van der Waals surface area contributed by atoms with Crippen LogP contribution in [0.15, 0.2) is 42.5 Å². The van der Waals surface area contributed by atoms with Gasteiger partial charge in [0.1, 0.15) is 17.5 Å². The van der Waals surface area contributed by atoms with Gasteiger partial charge >= 0.3 is 0 Å². The second-order valence-corrected chi connectivity index (χ2v) is 13.2. The molecule has 5 heteroatoms. The Hall–Kier alpha value is -2.24. The molecule has 0 amide bonds. The molecule has 2 aromatic rings. The summed E-state index contributed by atoms with van der Waals surface area (Å²) in [5.41, 5.74) is 2.85. The maximum Gasteiger partial charge on any atom is 0.165 e. The molecule has 5 aliphatic carbocycles. The van der Waals surface area contributed by atoms with Crippen LogP contribution in [0, 0.1) is 17.3 Å². The lowest BCUT2D eigenvalue weighted by Gasteiger charge is -2.74. The summed E-state index contributed by atoms with van der Waals surface area (Å²) in [5.74, 6) is 4.06. The first-order valence-electron chi connectivity index (χ1n) is 14.4. The van der Waals surface area contributed by atoms with Crippen LogP contribution in [0.1, 0.15) is 49.7 Å². The molecule has 2 heterocycles. The van der Waals surface area contributed by atoms with Crippen molar-refractivity contribution in [3.05, 3.63) is 53.6 Å². The Morgan fingerprint density at radius 2 is 1.86 bits per heavy atom. The van der Waals surface area contributed by atoms with Crippen LogP contribution in [-0.2, 0) is 16.6 Å². The maximum atomic E-state index is 7.15. The fraction of sp³-hybridized carbons (Fsp3) is 0.625. The number of nitrogens with zero attached hydrogens (tertiary/aromatic N) is 1. The van der Waals surface area contributed by atoms with E-state index in [1.165, 1.54) is 54.4 Å². The van der Waals surface area contributed by atoms with Crippen molar-refractivity contribution in [2.24, 2.45) is 17.3 Å². The Balaban J connectivity index is 1.29. The molecular weight excluding hydrogens is 462 g/mol. The Morgan fingerprint density at radius 1 is 1.03 bits per heavy atom. The van der Waals surface area contributed by atoms with E-state index in [0.717, 1.165) is 42.4 Å². The fourth-order valence-corrected chi connectivity index (χ4v) is 10.3. The molecule has 5 nitrogen and oxygen atoms in total. The van der Waals surface area contributed by atoms with Gasteiger partial charge in [-0.3, -0.25) is 0 Å². The summed E-state index contributed by atoms with van der Waals surface area (Å²) >= 11 is 0. The zero-order valence-electron chi connectivity index (χ0n) is 22.5. The molecule has 5 fully saturated rings. The largest absolute Gasteiger partial charge is 0.493 e. The standard InChI is InChI=1S/C32H40NO4/c1-33(19-21-9-10-21)16-15-31-27-22-11-12-25(34-2)28(27)37-29(31)32(35-3)14-13-30(31,26(33)17-22)18-23(32)20-36-24-7-5-4-6-8-24/h4-8,11-12,21,23,26,29H,9-10,13-20H2,1-3H3/q+1/t23-,26-,29-,30-,31+,32-,33?/m1/s1. The summed E-state index contributed by atoms with van der Waals surface area (Å²) in [5, 5.41) is 0. The maximum absolute atomic E-state index is 7.15. The van der Waals surface area contributed by atoms with Crippen molar-refractivity contribution >= 4 is 0 Å². The molecule has 7 atom stereocenters. The molecule has 0 aromatic heterocycles. The predicted molar refractivity (Wildman–Crippen MR) is 141 cm³/mol. The van der Waals surface area contributed by atoms with Crippen molar-refractivity contribution in [1.29, 1.82) is 0 Å². The lowest BCUT2D eigenvalue weighted by atomic mass is 9.34. The number of methoxy groups -OCH3 is 2. The molecule has 9 rings (SSSR count). The number of hydrogen-bond donors (Lipinski definition) is 0. The van der Waals surface area contributed by atoms with Crippen molar-refractivity contribution in [3.8, 4) is 17.2 Å². The highest BCUT2D eigenvalue weighted by Gasteiger charge is 2.83. The van der Waals surface area contributed by atoms with Gasteiger partial charge in [0.15, 0.2) is 11.5 Å². The van der Waals surface area contributed by atoms with Crippen molar-refractivity contribution in [2.75, 3.05) is 41.0 Å². The summed E-state index contributed by atoms with van der Waals surface area (Å²) in [6, 6.07) is 15.4. The van der Waals surface area contributed by atoms with Crippen molar-refractivity contribution in [2.45, 2.75) is 68.1 Å². The van der Waals surface area contributed by atoms with Gasteiger partial charge in [-0.05, 0) is 55.9 Å². The quantitative estimate of drug-likeness (QED) is 0.491. The molecule has 2 aliphatic heterocycles. The van der Waals surface area contributed by atoms with Crippen LogP contribution in [0.3, 0.4) is 0 Å². The van der Waals surface area contributed by atoms with Crippen molar-refractivity contribution in [3.63, 3.8) is 0 Å². The van der Waals surface area contributed by atoms with Gasteiger partial charge in [-0.2, -0.15) is 0 Å². The first kappa shape index (κ1) is 22.7. The van der Waals surface area contributed by atoms with Gasteiger partial charge in [-0.15, -0.1) is 0 Å². The Kier molecular flexibility index (Phi) is 4.57. The molecule has 196 valence electrons. The van der Waals surface area contributed by atoms with Crippen LogP contribution in [-0.4, -0.2) is 63.2 Å². The summed E-state index contributed by atoms with van der Waals surface area (Å²) < 4.78 is 27.4. The van der Waals surface area contributed by atoms with Gasteiger partial charge in [0.05, 0.1) is 45.3 Å². The molecule has 37 heavy (non-hydrogen) atoms. The summed E-state index contributed by atoms with van der Waals surface area (Å²) in [7, 11) is 6.29. The van der Waals surface area contributed by atoms with Gasteiger partial charge in [-0.1, -0.05) is 24.3 Å². The van der Waals surface area contributed by atoms with E-state index in [2.05, 4.69) is 43.4 Å². The number of ether oxygens (including phenoxy) is 4. The molecule has 4 saturated carbocycles. The highest BCUT2D eigenvalue weighted by Crippen LogP contribution is 2.77. The minimum Gasteiger partial charge on any atom is -0.493 e. The third-order valence-electron chi connectivity index (χ3n) is 11.9. The molecule has 4 bridgehead atoms. The molecule has 0 N–H and O–H groups in total. The Bertz CT molecular complexity index is 1240. The number of benzene rings is 2. The second kappa shape index (κ2) is 7.45. The number of piperidine rings is 1. The molecule has 2 aromatic carbocycles. The van der Waals surface area contributed by atoms with E-state index < -0.39 is 0 Å². The van der Waals surface area contributed by atoms with E-state index in [1.807, 2.05) is 13.2 Å². The fourth-order valence-electron chi connectivity index (χ4n) is 10.3. The van der Waals surface area contributed by atoms with Crippen LogP contribution < -0.4 is 14.2 Å². The van der Waals surface area contributed by atoms with Crippen LogP contribution in [0.5, 0.6) is 17.2 Å². The smallest absolute Gasteiger partial charge is 0.165 e. The van der Waals surface area contributed by atoms with E-state index in [9.17, 15) is 0 Å². The summed E-state index contributed by atoms with van der Waals surface area (Å²) in [6.45, 7) is 3.26. The highest BCUT2D eigenvalue weighted by atomic mass is 16.6. The van der Waals surface area contributed by atoms with Crippen LogP contribution in [0.4, 0.5) is 0 Å². The average Bonchev–Trinajstić information content (AvgIpc) is 3.66. The average molecular weight is 503 g/mol. The van der Waals surface area contributed by atoms with Gasteiger partial charge < -0.3 is 23.4 Å². The lowest BCUT2D eigenvalue weighted by Crippen LogP contribution is -2.84. The summed E-state index contributed by atoms with van der Waals surface area (Å²) in [4.78, 5) is 0. The Labute approximate surface area is 220 Å². The topological polar surface area (TPSA) is 36.9 Å². The van der Waals surface area contributed by atoms with E-state index in [1.54, 1.807) is 7.11 Å². The van der Waals surface area contributed by atoms with Crippen LogP contribution in [0.25, 0.3) is 0 Å². The minimum atomic E-state index is -0.350. The second-order valence-electron chi connectivity index (χ2n) is 13.2. The van der Waals surface area contributed by atoms with Gasteiger partial charge in [0.25, 0.3) is 0 Å². The number of para-hydroxylation sites is 1. The first-order chi connectivity index (χ1) is 18.0. The lowest BCUT2D eigenvalue weighted by molar-refractivity contribution is -0.952. The molecule has 0 radical (unpaired) electrons.